The molecule has 3 heterocycles. The summed E-state index contributed by atoms with van der Waals surface area (Å²) >= 11 is 0. The normalized spacial score (nSPS) is 24.2. The zero-order chi connectivity index (χ0) is 20.5. The van der Waals surface area contributed by atoms with Gasteiger partial charge >= 0.3 is 6.03 Å². The Labute approximate surface area is 176 Å². The molecule has 0 aromatic heterocycles. The summed E-state index contributed by atoms with van der Waals surface area (Å²) in [6.07, 6.45) is 1.49. The van der Waals surface area contributed by atoms with Crippen molar-refractivity contribution in [1.82, 2.24) is 9.80 Å². The molecule has 0 saturated carbocycles. The maximum absolute atomic E-state index is 12.9. The molecule has 0 radical (unpaired) electrons. The minimum Gasteiger partial charge on any atom is -0.457 e. The molecule has 156 valence electrons. The predicted octanol–water partition coefficient (Wildman–Crippen LogP) is 3.68. The average molecular weight is 406 g/mol. The lowest BCUT2D eigenvalue weighted by Gasteiger charge is -2.46. The fourth-order valence-electron chi connectivity index (χ4n) is 4.63. The van der Waals surface area contributed by atoms with Crippen LogP contribution in [0.15, 0.2) is 54.6 Å². The third-order valence-corrected chi connectivity index (χ3v) is 6.37. The number of hydrogen-bond donors (Lipinski definition) is 0. The number of carbonyl (C=O) groups is 2. The van der Waals surface area contributed by atoms with E-state index in [9.17, 15) is 9.59 Å². The molecule has 0 N–H and O–H groups in total. The molecule has 0 unspecified atom stereocenters. The van der Waals surface area contributed by atoms with Crippen LogP contribution in [0, 0.1) is 5.92 Å². The van der Waals surface area contributed by atoms with Gasteiger partial charge in [-0.15, -0.1) is 0 Å². The fraction of sp³-hybridized carbons (Fsp3) is 0.417. The van der Waals surface area contributed by atoms with Gasteiger partial charge in [-0.2, -0.15) is 0 Å². The van der Waals surface area contributed by atoms with Gasteiger partial charge in [0.05, 0.1) is 6.10 Å². The second kappa shape index (κ2) is 8.11. The Kier molecular flexibility index (Phi) is 5.17. The van der Waals surface area contributed by atoms with Crippen molar-refractivity contribution in [2.75, 3.05) is 32.8 Å². The predicted molar refractivity (Wildman–Crippen MR) is 112 cm³/mol. The maximum atomic E-state index is 12.9. The largest absolute Gasteiger partial charge is 0.457 e. The second-order valence-corrected chi connectivity index (χ2v) is 8.46. The molecule has 6 nitrogen and oxygen atoms in total. The summed E-state index contributed by atoms with van der Waals surface area (Å²) in [6, 6.07) is 18.0. The summed E-state index contributed by atoms with van der Waals surface area (Å²) < 4.78 is 11.5. The molecule has 0 aliphatic carbocycles. The van der Waals surface area contributed by atoms with E-state index < -0.39 is 0 Å². The van der Waals surface area contributed by atoms with Gasteiger partial charge in [-0.3, -0.25) is 4.79 Å². The molecular formula is C24H26N2O4. The van der Waals surface area contributed by atoms with Gasteiger partial charge in [0.1, 0.15) is 18.1 Å². The fourth-order valence-corrected chi connectivity index (χ4v) is 4.63. The highest BCUT2D eigenvalue weighted by Crippen LogP contribution is 2.32. The first-order valence-electron chi connectivity index (χ1n) is 10.7. The Morgan fingerprint density at radius 2 is 1.67 bits per heavy atom. The number of ether oxygens (including phenoxy) is 2. The summed E-state index contributed by atoms with van der Waals surface area (Å²) in [4.78, 5) is 28.4. The lowest BCUT2D eigenvalue weighted by Crippen LogP contribution is -2.58. The molecule has 2 amide bonds. The zero-order valence-electron chi connectivity index (χ0n) is 16.9. The van der Waals surface area contributed by atoms with Gasteiger partial charge in [0.25, 0.3) is 0 Å². The van der Waals surface area contributed by atoms with Crippen molar-refractivity contribution in [1.29, 1.82) is 0 Å². The first-order valence-corrected chi connectivity index (χ1v) is 10.7. The Balaban J connectivity index is 1.13. The molecule has 30 heavy (non-hydrogen) atoms. The van der Waals surface area contributed by atoms with E-state index in [-0.39, 0.29) is 30.4 Å². The van der Waals surface area contributed by atoms with Crippen molar-refractivity contribution in [3.05, 3.63) is 60.2 Å². The van der Waals surface area contributed by atoms with E-state index in [0.29, 0.717) is 25.4 Å². The van der Waals surface area contributed by atoms with Crippen LogP contribution in [0.5, 0.6) is 11.5 Å². The number of para-hydroxylation sites is 1. The van der Waals surface area contributed by atoms with Crippen LogP contribution in [-0.4, -0.2) is 60.5 Å². The van der Waals surface area contributed by atoms with E-state index in [4.69, 9.17) is 9.47 Å². The number of amides is 2. The SMILES string of the molecule is O=C1CO[C@H]2CCN(C(=O)N3CC(c4ccc(Oc5ccccc5)cc4)C3)C[C@H]2C1. The Hall–Kier alpha value is -2.86. The van der Waals surface area contributed by atoms with Crippen molar-refractivity contribution in [3.63, 3.8) is 0 Å². The monoisotopic (exact) mass is 406 g/mol. The Bertz CT molecular complexity index is 909. The molecule has 5 rings (SSSR count). The van der Waals surface area contributed by atoms with Gasteiger partial charge < -0.3 is 19.3 Å². The number of nitrogens with zero attached hydrogens (tertiary/aromatic N) is 2. The van der Waals surface area contributed by atoms with Crippen molar-refractivity contribution < 1.29 is 19.1 Å². The lowest BCUT2D eigenvalue weighted by atomic mass is 9.87. The van der Waals surface area contributed by atoms with Crippen LogP contribution >= 0.6 is 0 Å². The standard InChI is InChI=1S/C24H26N2O4/c27-20-12-18-13-25(11-10-23(18)29-16-20)24(28)26-14-19(15-26)17-6-8-22(9-7-17)30-21-4-2-1-3-5-21/h1-9,18-19,23H,10-16H2/t18-,23+/m1/s1. The number of ketones is 1. The van der Waals surface area contributed by atoms with Crippen LogP contribution in [0.25, 0.3) is 0 Å². The first-order chi connectivity index (χ1) is 14.7. The maximum Gasteiger partial charge on any atom is 0.320 e. The molecule has 6 heteroatoms. The quantitative estimate of drug-likeness (QED) is 0.780. The Morgan fingerprint density at radius 3 is 2.43 bits per heavy atom. The molecule has 3 aliphatic rings. The minimum atomic E-state index is 0.0896. The van der Waals surface area contributed by atoms with Gasteiger partial charge in [-0.05, 0) is 36.2 Å². The number of likely N-dealkylation sites (tertiary alicyclic amines) is 2. The Morgan fingerprint density at radius 1 is 0.933 bits per heavy atom. The van der Waals surface area contributed by atoms with Crippen LogP contribution < -0.4 is 4.74 Å². The summed E-state index contributed by atoms with van der Waals surface area (Å²) in [5, 5.41) is 0. The van der Waals surface area contributed by atoms with Crippen molar-refractivity contribution >= 4 is 11.8 Å². The number of benzene rings is 2. The average Bonchev–Trinajstić information content (AvgIpc) is 2.74. The van der Waals surface area contributed by atoms with Gasteiger partial charge in [0.15, 0.2) is 5.78 Å². The van der Waals surface area contributed by atoms with Gasteiger partial charge in [0, 0.05) is 44.4 Å². The molecule has 3 fully saturated rings. The number of carbonyl (C=O) groups excluding carboxylic acids is 2. The smallest absolute Gasteiger partial charge is 0.320 e. The van der Waals surface area contributed by atoms with Crippen LogP contribution in [0.3, 0.4) is 0 Å². The number of piperidine rings is 1. The number of Topliss-reactive ketones (excluding diaryl/α,β-unsaturated/α-hetero) is 1. The molecule has 2 aromatic carbocycles. The molecule has 3 saturated heterocycles. The van der Waals surface area contributed by atoms with E-state index in [1.54, 1.807) is 0 Å². The molecule has 0 spiro atoms. The number of fused-ring (bicyclic) bond motifs is 1. The molecule has 0 bridgehead atoms. The van der Waals surface area contributed by atoms with E-state index >= 15 is 0 Å². The highest BCUT2D eigenvalue weighted by molar-refractivity contribution is 5.81. The van der Waals surface area contributed by atoms with Crippen LogP contribution in [0.4, 0.5) is 4.79 Å². The van der Waals surface area contributed by atoms with Crippen LogP contribution in [-0.2, 0) is 9.53 Å². The van der Waals surface area contributed by atoms with Crippen molar-refractivity contribution in [2.45, 2.75) is 24.9 Å². The molecule has 2 atom stereocenters. The topological polar surface area (TPSA) is 59.1 Å². The van der Waals surface area contributed by atoms with E-state index in [0.717, 1.165) is 31.0 Å². The van der Waals surface area contributed by atoms with Crippen molar-refractivity contribution in [2.24, 2.45) is 5.92 Å². The summed E-state index contributed by atoms with van der Waals surface area (Å²) in [7, 11) is 0. The third-order valence-electron chi connectivity index (χ3n) is 6.37. The van der Waals surface area contributed by atoms with Crippen LogP contribution in [0.1, 0.15) is 24.3 Å². The van der Waals surface area contributed by atoms with Gasteiger partial charge in [0.2, 0.25) is 0 Å². The number of urea groups is 1. The first kappa shape index (κ1) is 19.1. The zero-order valence-corrected chi connectivity index (χ0v) is 16.9. The van der Waals surface area contributed by atoms with Gasteiger partial charge in [-0.1, -0.05) is 30.3 Å². The molecule has 2 aromatic rings. The van der Waals surface area contributed by atoms with E-state index in [1.807, 2.05) is 52.3 Å². The number of rotatable bonds is 3. The summed E-state index contributed by atoms with van der Waals surface area (Å²) in [5.74, 6) is 2.29. The second-order valence-electron chi connectivity index (χ2n) is 8.46. The minimum absolute atomic E-state index is 0.0896. The highest BCUT2D eigenvalue weighted by atomic mass is 16.5. The molecular weight excluding hydrogens is 380 g/mol. The van der Waals surface area contributed by atoms with Crippen molar-refractivity contribution in [3.8, 4) is 11.5 Å². The highest BCUT2D eigenvalue weighted by Gasteiger charge is 2.40. The lowest BCUT2D eigenvalue weighted by molar-refractivity contribution is -0.140. The third kappa shape index (κ3) is 3.92. The number of hydrogen-bond acceptors (Lipinski definition) is 4. The van der Waals surface area contributed by atoms with E-state index in [1.165, 1.54) is 5.56 Å². The van der Waals surface area contributed by atoms with E-state index in [2.05, 4.69) is 12.1 Å². The van der Waals surface area contributed by atoms with Crippen LogP contribution in [0.2, 0.25) is 0 Å². The summed E-state index contributed by atoms with van der Waals surface area (Å²) in [5.41, 5.74) is 1.23. The summed E-state index contributed by atoms with van der Waals surface area (Å²) in [6.45, 7) is 3.04. The molecule has 3 aliphatic heterocycles. The van der Waals surface area contributed by atoms with Gasteiger partial charge in [-0.25, -0.2) is 4.79 Å².